The summed E-state index contributed by atoms with van der Waals surface area (Å²) in [6, 6.07) is 5.73. The van der Waals surface area contributed by atoms with E-state index in [1.807, 2.05) is 32.0 Å². The molecule has 2 saturated heterocycles. The number of hydrogen-bond acceptors (Lipinski definition) is 9. The average Bonchev–Trinajstić information content (AvgIpc) is 3.70. The highest BCUT2D eigenvalue weighted by Crippen LogP contribution is 2.34. The average molecular weight is 708 g/mol. The minimum atomic E-state index is -4.80. The molecule has 5 rings (SSSR count). The Morgan fingerprint density at radius 2 is 1.72 bits per heavy atom. The Labute approximate surface area is 289 Å². The number of benzene rings is 2. The predicted molar refractivity (Wildman–Crippen MR) is 177 cm³/mol. The molecule has 4 atom stereocenters. The number of amides is 2. The van der Waals surface area contributed by atoms with E-state index in [2.05, 4.69) is 15.5 Å². The first-order valence-corrected chi connectivity index (χ1v) is 16.9. The van der Waals surface area contributed by atoms with Crippen LogP contribution in [0.2, 0.25) is 0 Å². The van der Waals surface area contributed by atoms with E-state index in [-0.39, 0.29) is 24.6 Å². The summed E-state index contributed by atoms with van der Waals surface area (Å²) in [5.41, 5.74) is 1.48. The van der Waals surface area contributed by atoms with Crippen LogP contribution in [0, 0.1) is 17.7 Å². The number of morpholine rings is 1. The predicted octanol–water partition coefficient (Wildman–Crippen LogP) is 4.96. The van der Waals surface area contributed by atoms with Crippen molar-refractivity contribution in [3.8, 4) is 0 Å². The van der Waals surface area contributed by atoms with Gasteiger partial charge < -0.3 is 29.7 Å². The lowest BCUT2D eigenvalue weighted by atomic mass is 9.89. The Hall–Kier alpha value is -4.11. The number of alkyl halides is 3. The molecule has 11 nitrogen and oxygen atoms in total. The van der Waals surface area contributed by atoms with Gasteiger partial charge in [-0.15, -0.1) is 0 Å². The molecule has 0 saturated carbocycles. The SMILES string of the molecule is COC(=O)[C@@H]1C[C@@H](OC(=O)N2Cc3ccc(NCCN4CCOCC4)cc3C2)CN1C(=O)[C@@H](Nc1cc(F)cc(C(F)(F)F)c1)C(C)C(C)C. The van der Waals surface area contributed by atoms with Crippen LogP contribution in [-0.2, 0) is 43.1 Å². The summed E-state index contributed by atoms with van der Waals surface area (Å²) in [6.45, 7) is 10.9. The minimum Gasteiger partial charge on any atom is -0.467 e. The fraction of sp³-hybridized carbons (Fsp3) is 0.571. The van der Waals surface area contributed by atoms with Crippen molar-refractivity contribution in [1.82, 2.24) is 14.7 Å². The van der Waals surface area contributed by atoms with Crippen LogP contribution in [-0.4, -0.2) is 104 Å². The maximum Gasteiger partial charge on any atom is 0.416 e. The van der Waals surface area contributed by atoms with Gasteiger partial charge in [0.2, 0.25) is 5.91 Å². The largest absolute Gasteiger partial charge is 0.467 e. The molecule has 2 fully saturated rings. The molecular weight excluding hydrogens is 662 g/mol. The number of carbonyl (C=O) groups is 3. The van der Waals surface area contributed by atoms with Gasteiger partial charge in [-0.3, -0.25) is 14.6 Å². The van der Waals surface area contributed by atoms with E-state index in [4.69, 9.17) is 14.2 Å². The Bertz CT molecular complexity index is 1540. The van der Waals surface area contributed by atoms with Crippen molar-refractivity contribution >= 4 is 29.3 Å². The van der Waals surface area contributed by atoms with Gasteiger partial charge in [-0.2, -0.15) is 13.2 Å². The third kappa shape index (κ3) is 8.97. The fourth-order valence-corrected chi connectivity index (χ4v) is 6.52. The second-order valence-corrected chi connectivity index (χ2v) is 13.4. The number of halogens is 4. The zero-order valence-corrected chi connectivity index (χ0v) is 28.7. The van der Waals surface area contributed by atoms with E-state index >= 15 is 0 Å². The van der Waals surface area contributed by atoms with E-state index in [1.54, 1.807) is 11.8 Å². The van der Waals surface area contributed by atoms with Crippen molar-refractivity contribution < 1.29 is 46.2 Å². The number of fused-ring (bicyclic) bond motifs is 1. The van der Waals surface area contributed by atoms with Gasteiger partial charge in [0.25, 0.3) is 0 Å². The Kier molecular flexibility index (Phi) is 11.8. The molecule has 0 aliphatic carbocycles. The Morgan fingerprint density at radius 3 is 2.40 bits per heavy atom. The van der Waals surface area contributed by atoms with Gasteiger partial charge in [0.1, 0.15) is 24.0 Å². The van der Waals surface area contributed by atoms with Crippen LogP contribution >= 0.6 is 0 Å². The highest BCUT2D eigenvalue weighted by molar-refractivity contribution is 5.90. The number of ether oxygens (including phenoxy) is 3. The Morgan fingerprint density at radius 1 is 1.00 bits per heavy atom. The summed E-state index contributed by atoms with van der Waals surface area (Å²) in [6.07, 6.45) is -6.28. The van der Waals surface area contributed by atoms with Crippen molar-refractivity contribution in [1.29, 1.82) is 0 Å². The van der Waals surface area contributed by atoms with Crippen LogP contribution in [0.1, 0.15) is 43.9 Å². The third-order valence-corrected chi connectivity index (χ3v) is 9.72. The van der Waals surface area contributed by atoms with Crippen molar-refractivity contribution in [3.05, 3.63) is 58.9 Å². The molecule has 274 valence electrons. The van der Waals surface area contributed by atoms with E-state index in [1.165, 1.54) is 12.0 Å². The van der Waals surface area contributed by atoms with Crippen LogP contribution in [0.15, 0.2) is 36.4 Å². The number of anilines is 2. The highest BCUT2D eigenvalue weighted by Gasteiger charge is 2.46. The molecule has 3 heterocycles. The number of hydrogen-bond donors (Lipinski definition) is 2. The van der Waals surface area contributed by atoms with Gasteiger partial charge in [-0.25, -0.2) is 14.0 Å². The highest BCUT2D eigenvalue weighted by atomic mass is 19.4. The van der Waals surface area contributed by atoms with Crippen LogP contribution in [0.4, 0.5) is 33.7 Å². The molecule has 0 aromatic heterocycles. The monoisotopic (exact) mass is 707 g/mol. The number of carbonyl (C=O) groups excluding carboxylic acids is 3. The number of nitrogens with zero attached hydrogens (tertiary/aromatic N) is 3. The standard InChI is InChI=1S/C35H45F4N5O6/c1-21(2)22(3)31(41-28-15-25(35(37,38)39)14-26(36)16-28)32(45)44-20-29(17-30(44)33(46)48-4)50-34(47)43-18-23-5-6-27(13-24(23)19-43)40-7-8-42-9-11-49-12-10-42/h5-6,13-16,21-22,29-31,40-41H,7-12,17-20H2,1-4H3/t22?,29-,30+,31+/m1/s1. The molecule has 3 aliphatic rings. The van der Waals surface area contributed by atoms with Gasteiger partial charge >= 0.3 is 18.2 Å². The maximum atomic E-state index is 14.2. The van der Waals surface area contributed by atoms with E-state index in [0.717, 1.165) is 68.3 Å². The molecule has 2 aromatic rings. The van der Waals surface area contributed by atoms with Gasteiger partial charge in [0.05, 0.1) is 32.4 Å². The molecular formula is C35H45F4N5O6. The molecule has 0 spiro atoms. The molecule has 2 aromatic carbocycles. The van der Waals surface area contributed by atoms with Crippen LogP contribution in [0.3, 0.4) is 0 Å². The van der Waals surface area contributed by atoms with E-state index in [9.17, 15) is 31.9 Å². The minimum absolute atomic E-state index is 0.0247. The molecule has 1 unspecified atom stereocenters. The summed E-state index contributed by atoms with van der Waals surface area (Å²) in [4.78, 5) is 45.4. The second-order valence-electron chi connectivity index (χ2n) is 13.4. The summed E-state index contributed by atoms with van der Waals surface area (Å²) >= 11 is 0. The number of methoxy groups -OCH3 is 1. The fourth-order valence-electron chi connectivity index (χ4n) is 6.52. The van der Waals surface area contributed by atoms with Crippen LogP contribution < -0.4 is 10.6 Å². The summed E-state index contributed by atoms with van der Waals surface area (Å²) in [7, 11) is 1.18. The number of nitrogens with one attached hydrogen (secondary N) is 2. The van der Waals surface area contributed by atoms with Crippen molar-refractivity contribution in [3.63, 3.8) is 0 Å². The molecule has 2 amide bonds. The molecule has 15 heteroatoms. The lowest BCUT2D eigenvalue weighted by molar-refractivity contribution is -0.151. The molecule has 50 heavy (non-hydrogen) atoms. The Balaban J connectivity index is 1.24. The van der Waals surface area contributed by atoms with Gasteiger partial charge in [-0.1, -0.05) is 26.8 Å². The zero-order chi connectivity index (χ0) is 36.2. The van der Waals surface area contributed by atoms with Crippen LogP contribution in [0.5, 0.6) is 0 Å². The first kappa shape index (κ1) is 37.2. The lowest BCUT2D eigenvalue weighted by Gasteiger charge is -2.33. The van der Waals surface area contributed by atoms with E-state index in [0.29, 0.717) is 19.2 Å². The van der Waals surface area contributed by atoms with Crippen molar-refractivity contribution in [2.45, 2.75) is 64.6 Å². The normalized spacial score (nSPS) is 20.7. The molecule has 2 N–H and O–H groups in total. The third-order valence-electron chi connectivity index (χ3n) is 9.72. The van der Waals surface area contributed by atoms with Crippen molar-refractivity contribution in [2.24, 2.45) is 11.8 Å². The molecule has 0 radical (unpaired) electrons. The molecule has 0 bridgehead atoms. The number of rotatable bonds is 11. The second kappa shape index (κ2) is 15.8. The summed E-state index contributed by atoms with van der Waals surface area (Å²) in [5, 5.41) is 6.24. The quantitative estimate of drug-likeness (QED) is 0.248. The maximum absolute atomic E-state index is 14.2. The van der Waals surface area contributed by atoms with Gasteiger partial charge in [0.15, 0.2) is 0 Å². The first-order valence-electron chi connectivity index (χ1n) is 16.9. The van der Waals surface area contributed by atoms with Crippen molar-refractivity contribution in [2.75, 3.05) is 63.7 Å². The number of esters is 1. The smallest absolute Gasteiger partial charge is 0.416 e. The summed E-state index contributed by atoms with van der Waals surface area (Å²) < 4.78 is 70.8. The van der Waals surface area contributed by atoms with Crippen LogP contribution in [0.25, 0.3) is 0 Å². The van der Waals surface area contributed by atoms with Gasteiger partial charge in [0, 0.05) is 57.1 Å². The number of likely N-dealkylation sites (tertiary alicyclic amines) is 1. The van der Waals surface area contributed by atoms with Gasteiger partial charge in [-0.05, 0) is 53.3 Å². The lowest BCUT2D eigenvalue weighted by Crippen LogP contribution is -2.51. The molecule has 3 aliphatic heterocycles. The zero-order valence-electron chi connectivity index (χ0n) is 28.7. The first-order chi connectivity index (χ1) is 23.7. The van der Waals surface area contributed by atoms with E-state index < -0.39 is 59.6 Å². The summed E-state index contributed by atoms with van der Waals surface area (Å²) in [5.74, 6) is -3.04. The topological polar surface area (TPSA) is 113 Å².